The quantitative estimate of drug-likeness (QED) is 0.576. The van der Waals surface area contributed by atoms with Crippen molar-refractivity contribution < 1.29 is 14.3 Å². The van der Waals surface area contributed by atoms with Crippen molar-refractivity contribution in [2.24, 2.45) is 0 Å². The van der Waals surface area contributed by atoms with E-state index in [0.29, 0.717) is 0 Å². The molecule has 25 heavy (non-hydrogen) atoms. The molecule has 1 aliphatic rings. The van der Waals surface area contributed by atoms with Gasteiger partial charge in [-0.15, -0.1) is 0 Å². The average molecular weight is 400 g/mol. The van der Waals surface area contributed by atoms with Crippen molar-refractivity contribution >= 4 is 39.6 Å². The largest absolute Gasteiger partial charge is 0.452 e. The van der Waals surface area contributed by atoms with Gasteiger partial charge in [-0.2, -0.15) is 0 Å². The lowest BCUT2D eigenvalue weighted by atomic mass is 10.1. The van der Waals surface area contributed by atoms with Crippen molar-refractivity contribution in [1.29, 1.82) is 0 Å². The lowest BCUT2D eigenvalue weighted by molar-refractivity contribution is -0.143. The SMILES string of the molecule is C[C@@H]1Cc2ccccc2N1C(=O)COC(=O)/C=C/c1cccc(Br)c1. The molecule has 0 spiro atoms. The zero-order valence-electron chi connectivity index (χ0n) is 13.8. The fraction of sp³-hybridized carbons (Fsp3) is 0.200. The van der Waals surface area contributed by atoms with E-state index in [9.17, 15) is 9.59 Å². The third-order valence-electron chi connectivity index (χ3n) is 4.07. The highest BCUT2D eigenvalue weighted by Gasteiger charge is 2.30. The molecule has 1 atom stereocenters. The molecule has 1 amide bonds. The van der Waals surface area contributed by atoms with E-state index >= 15 is 0 Å². The summed E-state index contributed by atoms with van der Waals surface area (Å²) in [6.07, 6.45) is 3.81. The molecule has 4 nitrogen and oxygen atoms in total. The van der Waals surface area contributed by atoms with Gasteiger partial charge in [0.15, 0.2) is 6.61 Å². The minimum Gasteiger partial charge on any atom is -0.452 e. The van der Waals surface area contributed by atoms with Crippen molar-refractivity contribution in [3.05, 3.63) is 70.2 Å². The lowest BCUT2D eigenvalue weighted by Gasteiger charge is -2.22. The number of benzene rings is 2. The molecule has 0 aliphatic carbocycles. The number of halogens is 1. The predicted octanol–water partition coefficient (Wildman–Crippen LogP) is 3.98. The Morgan fingerprint density at radius 1 is 1.24 bits per heavy atom. The summed E-state index contributed by atoms with van der Waals surface area (Å²) >= 11 is 3.38. The monoisotopic (exact) mass is 399 g/mol. The van der Waals surface area contributed by atoms with Crippen molar-refractivity contribution in [3.8, 4) is 0 Å². The van der Waals surface area contributed by atoms with Crippen LogP contribution in [0.25, 0.3) is 6.08 Å². The van der Waals surface area contributed by atoms with E-state index in [0.717, 1.165) is 27.7 Å². The van der Waals surface area contributed by atoms with Crippen molar-refractivity contribution in [2.75, 3.05) is 11.5 Å². The van der Waals surface area contributed by atoms with Gasteiger partial charge in [-0.25, -0.2) is 4.79 Å². The second-order valence-corrected chi connectivity index (χ2v) is 6.86. The molecule has 2 aromatic carbocycles. The Kier molecular flexibility index (Phi) is 5.34. The van der Waals surface area contributed by atoms with E-state index in [1.807, 2.05) is 55.5 Å². The summed E-state index contributed by atoms with van der Waals surface area (Å²) in [5.41, 5.74) is 2.92. The molecular formula is C20H18BrNO3. The van der Waals surface area contributed by atoms with E-state index in [1.54, 1.807) is 11.0 Å². The first kappa shape index (κ1) is 17.4. The van der Waals surface area contributed by atoms with Gasteiger partial charge in [0.05, 0.1) is 0 Å². The number of esters is 1. The zero-order valence-corrected chi connectivity index (χ0v) is 15.4. The zero-order chi connectivity index (χ0) is 17.8. The van der Waals surface area contributed by atoms with Gasteiger partial charge < -0.3 is 9.64 Å². The summed E-state index contributed by atoms with van der Waals surface area (Å²) in [5.74, 6) is -0.741. The fourth-order valence-corrected chi connectivity index (χ4v) is 3.39. The molecule has 3 rings (SSSR count). The second-order valence-electron chi connectivity index (χ2n) is 5.94. The first-order valence-corrected chi connectivity index (χ1v) is 8.84. The molecule has 2 aromatic rings. The summed E-state index contributed by atoms with van der Waals surface area (Å²) in [7, 11) is 0. The Balaban J connectivity index is 1.58. The van der Waals surface area contributed by atoms with Gasteiger partial charge in [-0.05, 0) is 48.7 Å². The highest BCUT2D eigenvalue weighted by Crippen LogP contribution is 2.31. The molecule has 0 saturated carbocycles. The molecule has 128 valence electrons. The molecule has 0 radical (unpaired) electrons. The Morgan fingerprint density at radius 2 is 2.04 bits per heavy atom. The summed E-state index contributed by atoms with van der Waals surface area (Å²) in [6, 6.07) is 15.4. The molecule has 0 fully saturated rings. The first-order valence-electron chi connectivity index (χ1n) is 8.05. The Labute approximate surface area is 155 Å². The highest BCUT2D eigenvalue weighted by molar-refractivity contribution is 9.10. The van der Waals surface area contributed by atoms with Crippen LogP contribution in [0.1, 0.15) is 18.1 Å². The Morgan fingerprint density at radius 3 is 2.84 bits per heavy atom. The number of anilines is 1. The average Bonchev–Trinajstić information content (AvgIpc) is 2.93. The van der Waals surface area contributed by atoms with Crippen LogP contribution in [0.3, 0.4) is 0 Å². The molecular weight excluding hydrogens is 382 g/mol. The number of hydrogen-bond donors (Lipinski definition) is 0. The van der Waals surface area contributed by atoms with Crippen LogP contribution in [0.5, 0.6) is 0 Å². The van der Waals surface area contributed by atoms with Gasteiger partial charge in [0, 0.05) is 22.3 Å². The topological polar surface area (TPSA) is 46.6 Å². The summed E-state index contributed by atoms with van der Waals surface area (Å²) in [4.78, 5) is 26.0. The normalized spacial score (nSPS) is 16.1. The van der Waals surface area contributed by atoms with E-state index in [-0.39, 0.29) is 18.6 Å². The molecule has 0 unspecified atom stereocenters. The maximum absolute atomic E-state index is 12.5. The number of amides is 1. The van der Waals surface area contributed by atoms with Gasteiger partial charge in [-0.3, -0.25) is 4.79 Å². The first-order chi connectivity index (χ1) is 12.0. The van der Waals surface area contributed by atoms with Gasteiger partial charge >= 0.3 is 5.97 Å². The van der Waals surface area contributed by atoms with Gasteiger partial charge in [-0.1, -0.05) is 46.3 Å². The number of para-hydroxylation sites is 1. The molecule has 0 bridgehead atoms. The smallest absolute Gasteiger partial charge is 0.331 e. The number of nitrogens with zero attached hydrogens (tertiary/aromatic N) is 1. The van der Waals surface area contributed by atoms with E-state index in [1.165, 1.54) is 6.08 Å². The molecule has 1 heterocycles. The van der Waals surface area contributed by atoms with Gasteiger partial charge in [0.25, 0.3) is 5.91 Å². The van der Waals surface area contributed by atoms with Crippen LogP contribution >= 0.6 is 15.9 Å². The molecule has 0 N–H and O–H groups in total. The number of hydrogen-bond acceptors (Lipinski definition) is 3. The maximum Gasteiger partial charge on any atom is 0.331 e. The minimum absolute atomic E-state index is 0.0702. The standard InChI is InChI=1S/C20H18BrNO3/c1-14-11-16-6-2-3-8-18(16)22(14)19(23)13-25-20(24)10-9-15-5-4-7-17(21)12-15/h2-10,12,14H,11,13H2,1H3/b10-9+/t14-/m1/s1. The lowest BCUT2D eigenvalue weighted by Crippen LogP contribution is -2.38. The second kappa shape index (κ2) is 7.66. The Hall–Kier alpha value is -2.40. The summed E-state index contributed by atoms with van der Waals surface area (Å²) in [6.45, 7) is 1.73. The van der Waals surface area contributed by atoms with Crippen LogP contribution in [-0.2, 0) is 20.7 Å². The number of fused-ring (bicyclic) bond motifs is 1. The van der Waals surface area contributed by atoms with Crippen LogP contribution < -0.4 is 4.90 Å². The Bertz CT molecular complexity index is 831. The summed E-state index contributed by atoms with van der Waals surface area (Å²) < 4.78 is 6.03. The van der Waals surface area contributed by atoms with E-state index in [4.69, 9.17) is 4.74 Å². The van der Waals surface area contributed by atoms with Crippen LogP contribution in [0.4, 0.5) is 5.69 Å². The molecule has 0 aromatic heterocycles. The van der Waals surface area contributed by atoms with Crippen LogP contribution in [0.15, 0.2) is 59.1 Å². The third kappa shape index (κ3) is 4.17. The molecule has 0 saturated heterocycles. The van der Waals surface area contributed by atoms with Crippen molar-refractivity contribution in [3.63, 3.8) is 0 Å². The maximum atomic E-state index is 12.5. The highest BCUT2D eigenvalue weighted by atomic mass is 79.9. The number of carbonyl (C=O) groups is 2. The van der Waals surface area contributed by atoms with E-state index < -0.39 is 5.97 Å². The van der Waals surface area contributed by atoms with E-state index in [2.05, 4.69) is 15.9 Å². The van der Waals surface area contributed by atoms with Crippen molar-refractivity contribution in [1.82, 2.24) is 0 Å². The van der Waals surface area contributed by atoms with Crippen LogP contribution in [0.2, 0.25) is 0 Å². The molecule has 1 aliphatic heterocycles. The van der Waals surface area contributed by atoms with Gasteiger partial charge in [0.2, 0.25) is 0 Å². The van der Waals surface area contributed by atoms with Gasteiger partial charge in [0.1, 0.15) is 0 Å². The molecule has 5 heteroatoms. The van der Waals surface area contributed by atoms with Crippen LogP contribution in [0, 0.1) is 0 Å². The van der Waals surface area contributed by atoms with Crippen molar-refractivity contribution in [2.45, 2.75) is 19.4 Å². The third-order valence-corrected chi connectivity index (χ3v) is 4.57. The van der Waals surface area contributed by atoms with Crippen LogP contribution in [-0.4, -0.2) is 24.5 Å². The summed E-state index contributed by atoms with van der Waals surface area (Å²) in [5, 5.41) is 0. The fourth-order valence-electron chi connectivity index (χ4n) is 2.97. The number of rotatable bonds is 4. The minimum atomic E-state index is -0.534. The predicted molar refractivity (Wildman–Crippen MR) is 101 cm³/mol. The number of carbonyl (C=O) groups excluding carboxylic acids is 2. The number of ether oxygens (including phenoxy) is 1.